The lowest BCUT2D eigenvalue weighted by atomic mass is 9.95. The minimum atomic E-state index is -0.762. The van der Waals surface area contributed by atoms with E-state index in [1.165, 1.54) is 11.3 Å². The second-order valence-electron chi connectivity index (χ2n) is 8.49. The number of rotatable bonds is 10. The first-order chi connectivity index (χ1) is 18.9. The summed E-state index contributed by atoms with van der Waals surface area (Å²) in [7, 11) is 3.14. The number of nitrogens with zero attached hydrogens (tertiary/aromatic N) is 2. The fourth-order valence-electron chi connectivity index (χ4n) is 4.44. The van der Waals surface area contributed by atoms with Crippen LogP contribution in [0, 0.1) is 0 Å². The largest absolute Gasteiger partial charge is 0.493 e. The molecule has 39 heavy (non-hydrogen) atoms. The molecule has 3 aromatic rings. The standard InChI is InChI=1S/C29H32N2O7S/c1-7-36-22-14-18(10-12-20(22)34-5)15-24-27(32)31-26(19-11-13-21(35-6)23(16-19)37-8-2)25(28(33)38-9-3)17(4)30-29(31)39-24/h10-16,26H,7-9H2,1-6H3/b24-15-/t26-/m1/s1. The molecule has 2 heterocycles. The van der Waals surface area contributed by atoms with Gasteiger partial charge in [0.2, 0.25) is 0 Å². The van der Waals surface area contributed by atoms with Crippen molar-refractivity contribution in [2.24, 2.45) is 4.99 Å². The number of carbonyl (C=O) groups excluding carboxylic acids is 1. The smallest absolute Gasteiger partial charge is 0.338 e. The van der Waals surface area contributed by atoms with E-state index in [1.54, 1.807) is 56.9 Å². The Labute approximate surface area is 230 Å². The third kappa shape index (κ3) is 5.56. The van der Waals surface area contributed by atoms with E-state index in [0.29, 0.717) is 62.4 Å². The number of esters is 1. The van der Waals surface area contributed by atoms with Crippen LogP contribution < -0.4 is 33.8 Å². The van der Waals surface area contributed by atoms with Crippen LogP contribution in [0.3, 0.4) is 0 Å². The highest BCUT2D eigenvalue weighted by molar-refractivity contribution is 7.07. The fourth-order valence-corrected chi connectivity index (χ4v) is 5.49. The molecule has 4 rings (SSSR count). The molecule has 0 saturated carbocycles. The summed E-state index contributed by atoms with van der Waals surface area (Å²) in [6.45, 7) is 8.35. The van der Waals surface area contributed by atoms with Gasteiger partial charge in [-0.25, -0.2) is 9.79 Å². The Morgan fingerprint density at radius 1 is 0.949 bits per heavy atom. The van der Waals surface area contributed by atoms with E-state index >= 15 is 0 Å². The zero-order valence-corrected chi connectivity index (χ0v) is 23.7. The van der Waals surface area contributed by atoms with Gasteiger partial charge in [-0.2, -0.15) is 0 Å². The Morgan fingerprint density at radius 2 is 1.59 bits per heavy atom. The monoisotopic (exact) mass is 552 g/mol. The molecule has 0 unspecified atom stereocenters. The molecule has 10 heteroatoms. The molecule has 0 amide bonds. The fraction of sp³-hybridized carbons (Fsp3) is 0.345. The Balaban J connectivity index is 1.93. The Hall–Kier alpha value is -4.05. The molecule has 206 valence electrons. The molecule has 0 aliphatic carbocycles. The van der Waals surface area contributed by atoms with Gasteiger partial charge < -0.3 is 23.7 Å². The SMILES string of the molecule is CCOC(=O)C1=C(C)N=c2s/c(=C\c3ccc(OC)c(OCC)c3)c(=O)n2[C@@H]1c1ccc(OC)c(OCC)c1. The van der Waals surface area contributed by atoms with Crippen molar-refractivity contribution in [3.63, 3.8) is 0 Å². The van der Waals surface area contributed by atoms with Crippen LogP contribution in [-0.2, 0) is 9.53 Å². The van der Waals surface area contributed by atoms with E-state index < -0.39 is 12.0 Å². The summed E-state index contributed by atoms with van der Waals surface area (Å²) < 4.78 is 29.7. The molecular formula is C29H32N2O7S. The minimum absolute atomic E-state index is 0.194. The molecule has 0 spiro atoms. The quantitative estimate of drug-likeness (QED) is 0.355. The highest BCUT2D eigenvalue weighted by Crippen LogP contribution is 2.36. The summed E-state index contributed by atoms with van der Waals surface area (Å²) in [5.74, 6) is 1.73. The van der Waals surface area contributed by atoms with E-state index in [1.807, 2.05) is 32.0 Å². The van der Waals surface area contributed by atoms with Crippen molar-refractivity contribution in [2.75, 3.05) is 34.0 Å². The first kappa shape index (κ1) is 28.0. The Bertz CT molecular complexity index is 1590. The second-order valence-corrected chi connectivity index (χ2v) is 9.50. The van der Waals surface area contributed by atoms with Gasteiger partial charge in [0.25, 0.3) is 5.56 Å². The lowest BCUT2D eigenvalue weighted by molar-refractivity contribution is -0.139. The summed E-state index contributed by atoms with van der Waals surface area (Å²) in [5.41, 5.74) is 1.95. The van der Waals surface area contributed by atoms with Crippen molar-refractivity contribution >= 4 is 23.4 Å². The molecule has 1 aliphatic heterocycles. The molecule has 2 aromatic carbocycles. The van der Waals surface area contributed by atoms with Crippen molar-refractivity contribution in [1.29, 1.82) is 0 Å². The summed E-state index contributed by atoms with van der Waals surface area (Å²) in [4.78, 5) is 32.2. The zero-order valence-electron chi connectivity index (χ0n) is 22.9. The Kier molecular flexibility index (Phi) is 8.75. The van der Waals surface area contributed by atoms with Gasteiger partial charge in [-0.15, -0.1) is 0 Å². The number of allylic oxidation sites excluding steroid dienone is 1. The summed E-state index contributed by atoms with van der Waals surface area (Å²) in [5, 5.41) is 0. The van der Waals surface area contributed by atoms with Crippen LogP contribution in [0.4, 0.5) is 0 Å². The third-order valence-corrected chi connectivity index (χ3v) is 7.09. The maximum Gasteiger partial charge on any atom is 0.338 e. The van der Waals surface area contributed by atoms with Gasteiger partial charge in [-0.3, -0.25) is 9.36 Å². The molecular weight excluding hydrogens is 520 g/mol. The number of fused-ring (bicyclic) bond motifs is 1. The number of hydrogen-bond donors (Lipinski definition) is 0. The molecule has 0 bridgehead atoms. The number of carbonyl (C=O) groups is 1. The first-order valence-corrected chi connectivity index (χ1v) is 13.5. The number of ether oxygens (including phenoxy) is 5. The van der Waals surface area contributed by atoms with Gasteiger partial charge >= 0.3 is 5.97 Å². The summed E-state index contributed by atoms with van der Waals surface area (Å²) in [6, 6.07) is 10.1. The third-order valence-electron chi connectivity index (χ3n) is 6.11. The van der Waals surface area contributed by atoms with Gasteiger partial charge in [0.15, 0.2) is 27.8 Å². The van der Waals surface area contributed by atoms with Crippen LogP contribution in [0.5, 0.6) is 23.0 Å². The first-order valence-electron chi connectivity index (χ1n) is 12.7. The molecule has 0 N–H and O–H groups in total. The molecule has 0 radical (unpaired) electrons. The van der Waals surface area contributed by atoms with Crippen molar-refractivity contribution < 1.29 is 28.5 Å². The number of aromatic nitrogens is 1. The number of hydrogen-bond acceptors (Lipinski definition) is 9. The molecule has 9 nitrogen and oxygen atoms in total. The van der Waals surface area contributed by atoms with E-state index in [-0.39, 0.29) is 12.2 Å². The second kappa shape index (κ2) is 12.2. The molecule has 1 aromatic heterocycles. The lowest BCUT2D eigenvalue weighted by Crippen LogP contribution is -2.40. The van der Waals surface area contributed by atoms with Crippen LogP contribution in [0.2, 0.25) is 0 Å². The van der Waals surface area contributed by atoms with Crippen molar-refractivity contribution in [3.8, 4) is 23.0 Å². The van der Waals surface area contributed by atoms with Crippen molar-refractivity contribution in [1.82, 2.24) is 4.57 Å². The average molecular weight is 553 g/mol. The number of methoxy groups -OCH3 is 2. The van der Waals surface area contributed by atoms with Crippen LogP contribution in [0.25, 0.3) is 6.08 Å². The average Bonchev–Trinajstić information content (AvgIpc) is 3.22. The van der Waals surface area contributed by atoms with E-state index in [4.69, 9.17) is 23.7 Å². The normalized spacial score (nSPS) is 14.9. The molecule has 0 fully saturated rings. The van der Waals surface area contributed by atoms with E-state index in [0.717, 1.165) is 5.56 Å². The van der Waals surface area contributed by atoms with E-state index in [2.05, 4.69) is 4.99 Å². The van der Waals surface area contributed by atoms with Gasteiger partial charge in [0, 0.05) is 0 Å². The highest BCUT2D eigenvalue weighted by atomic mass is 32.1. The molecule has 1 aliphatic rings. The zero-order chi connectivity index (χ0) is 28.1. The molecule has 1 atom stereocenters. The summed E-state index contributed by atoms with van der Waals surface area (Å²) >= 11 is 1.25. The minimum Gasteiger partial charge on any atom is -0.493 e. The summed E-state index contributed by atoms with van der Waals surface area (Å²) in [6.07, 6.45) is 1.78. The van der Waals surface area contributed by atoms with Crippen molar-refractivity contribution in [3.05, 3.63) is 78.5 Å². The maximum atomic E-state index is 13.9. The van der Waals surface area contributed by atoms with Crippen LogP contribution in [-0.4, -0.2) is 44.6 Å². The lowest BCUT2D eigenvalue weighted by Gasteiger charge is -2.25. The van der Waals surface area contributed by atoms with Crippen LogP contribution >= 0.6 is 11.3 Å². The maximum absolute atomic E-state index is 13.9. The van der Waals surface area contributed by atoms with Crippen molar-refractivity contribution in [2.45, 2.75) is 33.7 Å². The van der Waals surface area contributed by atoms with Gasteiger partial charge in [0.1, 0.15) is 0 Å². The predicted octanol–water partition coefficient (Wildman–Crippen LogP) is 3.61. The van der Waals surface area contributed by atoms with Gasteiger partial charge in [-0.05, 0) is 69.2 Å². The predicted molar refractivity (Wildman–Crippen MR) is 149 cm³/mol. The van der Waals surface area contributed by atoms with Gasteiger partial charge in [0.05, 0.1) is 55.9 Å². The van der Waals surface area contributed by atoms with Crippen LogP contribution in [0.15, 0.2) is 57.5 Å². The topological polar surface area (TPSA) is 97.6 Å². The van der Waals surface area contributed by atoms with Gasteiger partial charge in [-0.1, -0.05) is 23.5 Å². The number of benzene rings is 2. The van der Waals surface area contributed by atoms with Crippen LogP contribution in [0.1, 0.15) is 44.9 Å². The Morgan fingerprint density at radius 3 is 2.21 bits per heavy atom. The highest BCUT2D eigenvalue weighted by Gasteiger charge is 2.34. The molecule has 0 saturated heterocycles. The van der Waals surface area contributed by atoms with E-state index in [9.17, 15) is 9.59 Å². The number of thiazole rings is 1.